The van der Waals surface area contributed by atoms with Crippen molar-refractivity contribution in [1.82, 2.24) is 9.62 Å². The molecule has 242 valence electrons. The van der Waals surface area contributed by atoms with Gasteiger partial charge in [0.25, 0.3) is 0 Å². The molecule has 3 atom stereocenters. The average molecular weight is 663 g/mol. The van der Waals surface area contributed by atoms with E-state index in [1.165, 1.54) is 0 Å². The van der Waals surface area contributed by atoms with Crippen molar-refractivity contribution in [2.24, 2.45) is 0 Å². The number of piperidine rings is 1. The monoisotopic (exact) mass is 662 g/mol. The number of halogens is 1. The fourth-order valence-corrected chi connectivity index (χ4v) is 7.29. The molecule has 4 aromatic carbocycles. The number of aliphatic hydroxyl groups excluding tert-OH is 1. The molecule has 0 saturated carbocycles. The second kappa shape index (κ2) is 14.3. The molecule has 0 bridgehead atoms. The highest BCUT2D eigenvalue weighted by Crippen LogP contribution is 2.39. The second-order valence-electron chi connectivity index (χ2n) is 12.1. The summed E-state index contributed by atoms with van der Waals surface area (Å²) >= 11 is 6.06. The Labute approximate surface area is 275 Å². The van der Waals surface area contributed by atoms with Gasteiger partial charge in [0, 0.05) is 43.2 Å². The highest BCUT2D eigenvalue weighted by Gasteiger charge is 2.37. The van der Waals surface area contributed by atoms with Crippen LogP contribution >= 0.6 is 11.6 Å². The van der Waals surface area contributed by atoms with Crippen LogP contribution in [-0.4, -0.2) is 49.3 Å². The molecule has 2 aliphatic heterocycles. The molecule has 4 aromatic rings. The second-order valence-corrected chi connectivity index (χ2v) is 14.3. The Hall–Kier alpha value is -3.12. The summed E-state index contributed by atoms with van der Waals surface area (Å²) in [6.07, 6.45) is 0.926. The number of ether oxygens (including phenoxy) is 2. The molecule has 46 heavy (non-hydrogen) atoms. The predicted octanol–water partition coefficient (Wildman–Crippen LogP) is 5.84. The zero-order chi connectivity index (χ0) is 32.1. The standard InChI is InChI=1S/C36H39ClN2O6S/c37-31-16-14-30(15-17-31)36(41)18-20-39(21-19-36)24-32-22-34(28-10-8-27(25-40)9-11-28)45-35(44-32)29-12-6-26(7-13-29)23-38-46(42,43)33-4-2-1-3-5-33/h1-17,32,34-35,38,40-41H,18-25H2/t32-,34+,35?/m0/s1. The van der Waals surface area contributed by atoms with Gasteiger partial charge in [0.05, 0.1) is 29.3 Å². The highest BCUT2D eigenvalue weighted by atomic mass is 35.5. The minimum atomic E-state index is -3.62. The maximum atomic E-state index is 12.7. The van der Waals surface area contributed by atoms with Crippen LogP contribution in [0.25, 0.3) is 0 Å². The van der Waals surface area contributed by atoms with E-state index in [0.29, 0.717) is 30.8 Å². The molecule has 0 aliphatic carbocycles. The van der Waals surface area contributed by atoms with E-state index in [-0.39, 0.29) is 30.3 Å². The first-order valence-corrected chi connectivity index (χ1v) is 17.4. The van der Waals surface area contributed by atoms with Crippen LogP contribution in [0.4, 0.5) is 0 Å². The molecule has 8 nitrogen and oxygen atoms in total. The van der Waals surface area contributed by atoms with Crippen LogP contribution in [-0.2, 0) is 38.2 Å². The van der Waals surface area contributed by atoms with E-state index in [0.717, 1.165) is 40.9 Å². The lowest BCUT2D eigenvalue weighted by Gasteiger charge is -2.42. The Morgan fingerprint density at radius 1 is 0.826 bits per heavy atom. The molecule has 10 heteroatoms. The fraction of sp³-hybridized carbons (Fsp3) is 0.333. The lowest BCUT2D eigenvalue weighted by Crippen LogP contribution is -2.46. The molecule has 0 spiro atoms. The van der Waals surface area contributed by atoms with Crippen molar-refractivity contribution in [3.63, 3.8) is 0 Å². The number of rotatable bonds is 10. The van der Waals surface area contributed by atoms with Gasteiger partial charge in [0.15, 0.2) is 6.29 Å². The van der Waals surface area contributed by atoms with E-state index < -0.39 is 21.9 Å². The average Bonchev–Trinajstić information content (AvgIpc) is 3.09. The van der Waals surface area contributed by atoms with E-state index in [9.17, 15) is 18.6 Å². The third-order valence-electron chi connectivity index (χ3n) is 8.91. The molecule has 0 aromatic heterocycles. The van der Waals surface area contributed by atoms with Gasteiger partial charge in [-0.3, -0.25) is 0 Å². The Balaban J connectivity index is 1.13. The largest absolute Gasteiger partial charge is 0.392 e. The van der Waals surface area contributed by atoms with Gasteiger partial charge in [0.2, 0.25) is 10.0 Å². The Morgan fingerprint density at radius 3 is 2.11 bits per heavy atom. The van der Waals surface area contributed by atoms with E-state index in [1.54, 1.807) is 30.3 Å². The molecular weight excluding hydrogens is 624 g/mol. The zero-order valence-corrected chi connectivity index (χ0v) is 27.0. The molecule has 2 fully saturated rings. The lowest BCUT2D eigenvalue weighted by atomic mass is 9.84. The van der Waals surface area contributed by atoms with Gasteiger partial charge in [-0.05, 0) is 59.4 Å². The number of hydrogen-bond donors (Lipinski definition) is 3. The molecule has 0 radical (unpaired) electrons. The number of nitrogens with one attached hydrogen (secondary N) is 1. The number of nitrogens with zero attached hydrogens (tertiary/aromatic N) is 1. The van der Waals surface area contributed by atoms with Crippen molar-refractivity contribution >= 4 is 21.6 Å². The van der Waals surface area contributed by atoms with Crippen LogP contribution in [0.2, 0.25) is 5.02 Å². The number of sulfonamides is 1. The van der Waals surface area contributed by atoms with Crippen molar-refractivity contribution in [2.45, 2.75) is 61.4 Å². The van der Waals surface area contributed by atoms with Gasteiger partial charge in [-0.25, -0.2) is 13.1 Å². The molecular formula is C36H39ClN2O6S. The maximum absolute atomic E-state index is 12.7. The number of aliphatic hydroxyl groups is 2. The summed E-state index contributed by atoms with van der Waals surface area (Å²) in [5.74, 6) is 0. The van der Waals surface area contributed by atoms with E-state index >= 15 is 0 Å². The first kappa shape index (κ1) is 32.8. The predicted molar refractivity (Wildman–Crippen MR) is 176 cm³/mol. The zero-order valence-electron chi connectivity index (χ0n) is 25.5. The van der Waals surface area contributed by atoms with Gasteiger partial charge < -0.3 is 24.6 Å². The number of likely N-dealkylation sites (tertiary alicyclic amines) is 1. The van der Waals surface area contributed by atoms with Crippen LogP contribution in [0.15, 0.2) is 108 Å². The number of benzene rings is 4. The Bertz CT molecular complexity index is 1680. The first-order chi connectivity index (χ1) is 22.2. The summed E-state index contributed by atoms with van der Waals surface area (Å²) in [5.41, 5.74) is 3.51. The van der Waals surface area contributed by atoms with Crippen molar-refractivity contribution in [3.8, 4) is 0 Å². The molecule has 2 heterocycles. The van der Waals surface area contributed by atoms with Gasteiger partial charge in [-0.1, -0.05) is 90.5 Å². The van der Waals surface area contributed by atoms with Crippen molar-refractivity contribution < 1.29 is 28.1 Å². The van der Waals surface area contributed by atoms with Crippen molar-refractivity contribution in [2.75, 3.05) is 19.6 Å². The molecule has 2 aliphatic rings. The van der Waals surface area contributed by atoms with Crippen LogP contribution in [0.1, 0.15) is 59.5 Å². The Morgan fingerprint density at radius 2 is 1.46 bits per heavy atom. The Kier molecular flexibility index (Phi) is 10.2. The van der Waals surface area contributed by atoms with E-state index in [2.05, 4.69) is 9.62 Å². The quantitative estimate of drug-likeness (QED) is 0.196. The fourth-order valence-electron chi connectivity index (χ4n) is 6.13. The summed E-state index contributed by atoms with van der Waals surface area (Å²) in [5, 5.41) is 21.5. The smallest absolute Gasteiger partial charge is 0.240 e. The number of hydrogen-bond acceptors (Lipinski definition) is 7. The molecule has 0 amide bonds. The van der Waals surface area contributed by atoms with Gasteiger partial charge >= 0.3 is 0 Å². The van der Waals surface area contributed by atoms with Gasteiger partial charge in [0.1, 0.15) is 0 Å². The SMILES string of the molecule is O=S(=O)(NCc1ccc(C2O[C@H](CN3CCC(O)(c4ccc(Cl)cc4)CC3)C[C@H](c3ccc(CO)cc3)O2)cc1)c1ccccc1. The minimum Gasteiger partial charge on any atom is -0.392 e. The molecule has 2 saturated heterocycles. The third-order valence-corrected chi connectivity index (χ3v) is 10.6. The van der Waals surface area contributed by atoms with E-state index in [4.69, 9.17) is 21.1 Å². The topological polar surface area (TPSA) is 108 Å². The highest BCUT2D eigenvalue weighted by molar-refractivity contribution is 7.89. The molecule has 6 rings (SSSR count). The van der Waals surface area contributed by atoms with Crippen LogP contribution < -0.4 is 4.72 Å². The summed E-state index contributed by atoms with van der Waals surface area (Å²) in [4.78, 5) is 2.56. The summed E-state index contributed by atoms with van der Waals surface area (Å²) < 4.78 is 41.0. The van der Waals surface area contributed by atoms with Crippen molar-refractivity contribution in [1.29, 1.82) is 0 Å². The minimum absolute atomic E-state index is 0.0225. The maximum Gasteiger partial charge on any atom is 0.240 e. The molecule has 3 N–H and O–H groups in total. The lowest BCUT2D eigenvalue weighted by molar-refractivity contribution is -0.253. The first-order valence-electron chi connectivity index (χ1n) is 15.6. The van der Waals surface area contributed by atoms with Crippen LogP contribution in [0.3, 0.4) is 0 Å². The third kappa shape index (κ3) is 7.87. The van der Waals surface area contributed by atoms with Gasteiger partial charge in [-0.2, -0.15) is 0 Å². The van der Waals surface area contributed by atoms with Crippen molar-refractivity contribution in [3.05, 3.63) is 136 Å². The summed E-state index contributed by atoms with van der Waals surface area (Å²) in [6, 6.07) is 31.1. The van der Waals surface area contributed by atoms with Crippen LogP contribution in [0.5, 0.6) is 0 Å². The molecule has 1 unspecified atom stereocenters. The van der Waals surface area contributed by atoms with Crippen LogP contribution in [0, 0.1) is 0 Å². The van der Waals surface area contributed by atoms with E-state index in [1.807, 2.05) is 72.8 Å². The summed E-state index contributed by atoms with van der Waals surface area (Å²) in [7, 11) is -3.62. The van der Waals surface area contributed by atoms with Gasteiger partial charge in [-0.15, -0.1) is 0 Å². The summed E-state index contributed by atoms with van der Waals surface area (Å²) in [6.45, 7) is 2.29. The normalized spacial score (nSPS) is 22.0.